The minimum absolute atomic E-state index is 0.0615. The Kier molecular flexibility index (Phi) is 13.5. The van der Waals surface area contributed by atoms with Crippen molar-refractivity contribution in [3.05, 3.63) is 82.4 Å². The molecular weight excluding hydrogens is 787 g/mol. The Balaban J connectivity index is 1.30. The van der Waals surface area contributed by atoms with Crippen molar-refractivity contribution in [3.8, 4) is 16.9 Å². The topological polar surface area (TPSA) is 147 Å². The predicted molar refractivity (Wildman–Crippen MR) is 217 cm³/mol. The molecule has 3 aliphatic carbocycles. The molecule has 2 bridgehead atoms. The van der Waals surface area contributed by atoms with E-state index in [1.165, 1.54) is 12.2 Å². The molecule has 2 amide bonds. The number of hydrogen-bond donors (Lipinski definition) is 5. The molecule has 1 saturated heterocycles. The number of aliphatic hydroxyl groups excluding tert-OH is 2. The molecule has 12 nitrogen and oxygen atoms in total. The van der Waals surface area contributed by atoms with E-state index in [2.05, 4.69) is 31.4 Å². The summed E-state index contributed by atoms with van der Waals surface area (Å²) in [6.07, 6.45) is -1.68. The molecule has 0 unspecified atom stereocenters. The van der Waals surface area contributed by atoms with Crippen LogP contribution in [-0.2, 0) is 22.6 Å². The Morgan fingerprint density at radius 2 is 1.70 bits per heavy atom. The van der Waals surface area contributed by atoms with Gasteiger partial charge in [-0.15, -0.1) is 0 Å². The van der Waals surface area contributed by atoms with Crippen LogP contribution in [0.1, 0.15) is 55.1 Å². The van der Waals surface area contributed by atoms with Gasteiger partial charge in [0.1, 0.15) is 17.9 Å². The van der Waals surface area contributed by atoms with Crippen molar-refractivity contribution in [2.75, 3.05) is 53.4 Å². The van der Waals surface area contributed by atoms with Crippen molar-refractivity contribution in [1.29, 1.82) is 0 Å². The number of aliphatic hydroxyl groups is 3. The molecule has 7 rings (SSSR count). The first-order valence-electron chi connectivity index (χ1n) is 20.2. The molecule has 60 heavy (non-hydrogen) atoms. The highest BCUT2D eigenvalue weighted by Gasteiger charge is 2.57. The van der Waals surface area contributed by atoms with Gasteiger partial charge in [-0.1, -0.05) is 39.0 Å². The third-order valence-electron chi connectivity index (χ3n) is 13.1. The van der Waals surface area contributed by atoms with Gasteiger partial charge in [0.2, 0.25) is 5.91 Å². The minimum atomic E-state index is -1.98. The van der Waals surface area contributed by atoms with Crippen LogP contribution in [0.3, 0.4) is 0 Å². The van der Waals surface area contributed by atoms with Crippen LogP contribution in [0.4, 0.5) is 23.2 Å². The molecule has 4 fully saturated rings. The van der Waals surface area contributed by atoms with Crippen molar-refractivity contribution >= 4 is 17.5 Å². The Morgan fingerprint density at radius 3 is 2.27 bits per heavy atom. The number of rotatable bonds is 15. The first-order chi connectivity index (χ1) is 28.3. The minimum Gasteiger partial charge on any atom is -0.496 e. The number of para-hydroxylation sites is 1. The van der Waals surface area contributed by atoms with E-state index < -0.39 is 84.1 Å². The van der Waals surface area contributed by atoms with Crippen molar-refractivity contribution in [3.63, 3.8) is 0 Å². The van der Waals surface area contributed by atoms with Crippen LogP contribution in [0.15, 0.2) is 42.5 Å². The molecule has 16 heteroatoms. The third-order valence-corrected chi connectivity index (χ3v) is 13.1. The van der Waals surface area contributed by atoms with E-state index in [1.807, 2.05) is 6.07 Å². The van der Waals surface area contributed by atoms with Crippen molar-refractivity contribution in [2.45, 2.75) is 77.1 Å². The summed E-state index contributed by atoms with van der Waals surface area (Å²) in [5.41, 5.74) is 1.79. The summed E-state index contributed by atoms with van der Waals surface area (Å²) in [6.45, 7) is 6.12. The average molecular weight is 844 g/mol. The second-order valence-electron chi connectivity index (χ2n) is 17.7. The summed E-state index contributed by atoms with van der Waals surface area (Å²) >= 11 is 0. The van der Waals surface area contributed by atoms with Gasteiger partial charge in [0.15, 0.2) is 29.6 Å². The molecule has 3 aromatic carbocycles. The number of halogens is 4. The van der Waals surface area contributed by atoms with Crippen LogP contribution in [0.5, 0.6) is 5.75 Å². The summed E-state index contributed by atoms with van der Waals surface area (Å²) in [5.74, 6) is -6.88. The molecule has 3 aromatic rings. The van der Waals surface area contributed by atoms with Gasteiger partial charge in [-0.2, -0.15) is 5.06 Å². The largest absolute Gasteiger partial charge is 0.496 e. The number of nitrogens with one attached hydrogen (secondary N) is 2. The lowest BCUT2D eigenvalue weighted by atomic mass is 9.45. The van der Waals surface area contributed by atoms with Gasteiger partial charge in [0, 0.05) is 66.7 Å². The highest BCUT2D eigenvalue weighted by atomic mass is 19.2. The van der Waals surface area contributed by atoms with E-state index in [1.54, 1.807) is 68.3 Å². The number of hydrogen-bond acceptors (Lipinski definition) is 10. The summed E-state index contributed by atoms with van der Waals surface area (Å²) < 4.78 is 63.6. The first-order valence-corrected chi connectivity index (χ1v) is 20.2. The highest BCUT2D eigenvalue weighted by Crippen LogP contribution is 2.61. The maximum Gasteiger partial charge on any atom is 0.251 e. The maximum atomic E-state index is 14.7. The van der Waals surface area contributed by atoms with Crippen LogP contribution in [0, 0.1) is 52.4 Å². The number of nitrogens with zero attached hydrogens (tertiary/aromatic N) is 3. The molecule has 0 spiro atoms. The number of likely N-dealkylation sites (N-methyl/N-ethyl adjacent to an activating group) is 1. The zero-order chi connectivity index (χ0) is 44.0. The summed E-state index contributed by atoms with van der Waals surface area (Å²) in [7, 11) is 8.39. The molecule has 0 radical (unpaired) electrons. The van der Waals surface area contributed by atoms with E-state index in [0.29, 0.717) is 40.0 Å². The molecule has 1 heterocycles. The SMILES string of the molecule is COc1c(CN2O[C@@H](CO)[C@H](C(O)O)[C@H]2C(=O)N[C@H]2C[C@@H]3C[C@@H]([C@@H]2C)C3(C)C)cccc1-c1cc(C(=O)N[C@@H](Cc2c(F)c(F)cc(F)c2F)CN(C)C)cc(N(C)C)c1. The number of ether oxygens (including phenoxy) is 1. The molecule has 328 valence electrons. The fourth-order valence-electron chi connectivity index (χ4n) is 9.69. The Morgan fingerprint density at radius 1 is 1.02 bits per heavy atom. The normalized spacial score (nSPS) is 25.2. The zero-order valence-electron chi connectivity index (χ0n) is 35.3. The molecule has 0 aromatic heterocycles. The standard InChI is InChI=1S/C44H57F4N5O7/c1-22-31-15-26(44(31,2)3)16-34(22)50-42(56)39-36(43(57)58)35(21-54)60-53(39)19-23-10-9-11-29(40(23)59-8)24-12-25(14-28(13-24)52(6)7)41(55)49-27(20-51(4)5)17-30-37(47)32(45)18-33(46)38(30)48/h9-14,18,22,26-27,31,34-36,39,43,54,57-58H,15-17,19-21H2,1-8H3,(H,49,55)(H,50,56)/t22-,26-,27-,31-,34-,35-,36-,39-/m0/s1. The molecule has 3 saturated carbocycles. The van der Waals surface area contributed by atoms with Crippen molar-refractivity contribution in [2.24, 2.45) is 29.1 Å². The number of amides is 2. The predicted octanol–water partition coefficient (Wildman–Crippen LogP) is 4.48. The fourth-order valence-corrected chi connectivity index (χ4v) is 9.69. The maximum absolute atomic E-state index is 14.7. The van der Waals surface area contributed by atoms with Gasteiger partial charge in [-0.25, -0.2) is 17.6 Å². The van der Waals surface area contributed by atoms with E-state index in [0.717, 1.165) is 12.8 Å². The molecule has 4 aliphatic rings. The van der Waals surface area contributed by atoms with Crippen LogP contribution in [0.25, 0.3) is 11.1 Å². The van der Waals surface area contributed by atoms with E-state index in [4.69, 9.17) is 9.57 Å². The van der Waals surface area contributed by atoms with Gasteiger partial charge in [0.05, 0.1) is 26.2 Å². The number of carbonyl (C=O) groups is 2. The Bertz CT molecular complexity index is 2040. The van der Waals surface area contributed by atoms with Gasteiger partial charge in [0.25, 0.3) is 5.91 Å². The zero-order valence-corrected chi connectivity index (χ0v) is 35.3. The number of benzene rings is 3. The number of methoxy groups -OCH3 is 1. The average Bonchev–Trinajstić information content (AvgIpc) is 3.57. The number of anilines is 1. The summed E-state index contributed by atoms with van der Waals surface area (Å²) in [6, 6.07) is 8.25. The van der Waals surface area contributed by atoms with Crippen LogP contribution >= 0.6 is 0 Å². The molecular formula is C44H57F4N5O7. The molecule has 8 atom stereocenters. The monoisotopic (exact) mass is 843 g/mol. The van der Waals surface area contributed by atoms with Gasteiger partial charge < -0.3 is 40.5 Å². The number of fused-ring (bicyclic) bond motifs is 2. The fraction of sp³-hybridized carbons (Fsp3) is 0.545. The molecule has 1 aliphatic heterocycles. The van der Waals surface area contributed by atoms with Crippen LogP contribution < -0.4 is 20.3 Å². The second-order valence-corrected chi connectivity index (χ2v) is 17.7. The first kappa shape index (κ1) is 45.2. The Hall–Kier alpha value is -4.32. The van der Waals surface area contributed by atoms with E-state index in [9.17, 15) is 42.5 Å². The van der Waals surface area contributed by atoms with E-state index >= 15 is 0 Å². The smallest absolute Gasteiger partial charge is 0.251 e. The summed E-state index contributed by atoms with van der Waals surface area (Å²) in [4.78, 5) is 37.7. The quantitative estimate of drug-likeness (QED) is 0.0844. The number of carbonyl (C=O) groups excluding carboxylic acids is 2. The third kappa shape index (κ3) is 8.86. The lowest BCUT2D eigenvalue weighted by Gasteiger charge is -2.62. The van der Waals surface area contributed by atoms with Crippen molar-refractivity contribution in [1.82, 2.24) is 20.6 Å². The lowest BCUT2D eigenvalue weighted by Crippen LogP contribution is -2.62. The van der Waals surface area contributed by atoms with Gasteiger partial charge in [-0.05, 0) is 80.3 Å². The Labute approximate surface area is 348 Å². The second kappa shape index (κ2) is 18.0. The highest BCUT2D eigenvalue weighted by molar-refractivity contribution is 5.97. The van der Waals surface area contributed by atoms with Gasteiger partial charge >= 0.3 is 0 Å². The van der Waals surface area contributed by atoms with Crippen molar-refractivity contribution < 1.29 is 52.0 Å². The van der Waals surface area contributed by atoms with Gasteiger partial charge in [-0.3, -0.25) is 14.4 Å². The van der Waals surface area contributed by atoms with Crippen LogP contribution in [0.2, 0.25) is 0 Å². The summed E-state index contributed by atoms with van der Waals surface area (Å²) in [5, 5.41) is 38.6. The molecule has 5 N–H and O–H groups in total. The van der Waals surface area contributed by atoms with Crippen LogP contribution in [-0.4, -0.2) is 116 Å². The van der Waals surface area contributed by atoms with E-state index in [-0.39, 0.29) is 42.1 Å². The number of hydroxylamine groups is 2. The lowest BCUT2D eigenvalue weighted by molar-refractivity contribution is -0.184.